The number of para-hydroxylation sites is 3. The Bertz CT molecular complexity index is 4180. The van der Waals surface area contributed by atoms with Gasteiger partial charge in [0.15, 0.2) is 0 Å². The third-order valence-electron chi connectivity index (χ3n) is 11.7. The molecule has 30 nitrogen and oxygen atoms in total. The summed E-state index contributed by atoms with van der Waals surface area (Å²) >= 11 is 11.2. The van der Waals surface area contributed by atoms with Crippen molar-refractivity contribution in [1.29, 1.82) is 5.26 Å². The standard InChI is InChI=1S/C11H9NO2.C8H6N2O2.2C8H9NO3.C8H9NO2.2C7H6ClNO2.C7H6N2O4/c13-11-9(7-12-14)6-5-8-3-1-2-4-10(8)11;9-4-6-1-2-8(11)7(3-6)5-10-12;1-12-7-2-3-8(10)6(4-7)5-9-11;10-5-7-3-1-2-6(4-9-12)8(7)11;1-6-3-2-4-7(5-9-11)8(6)10;8-6-1-2-7(10)5(3-6)4-9-11;8-6-3-1-2-5(4-9-11)7(6)10;10-7-2-1-6(9(12)13)3-5(7)4-8-11/h1-7,13-14H;1-3,5,11-12H;2-5,10-11H,1H3;1-4,10-12H,5H2;2-5,10-11H,1H3;2*1-4,10-11H;1-4,10-11H/b12-7+;10-5+;9-5+;9-4+;9-5+;2*9-4+;8-4+. The van der Waals surface area contributed by atoms with Gasteiger partial charge in [0.1, 0.15) is 51.7 Å². The lowest BCUT2D eigenvalue weighted by molar-refractivity contribution is -0.384. The summed E-state index contributed by atoms with van der Waals surface area (Å²) in [5.74, 6) is 0.648. The molecule has 9 aromatic rings. The molecule has 0 aliphatic carbocycles. The lowest BCUT2D eigenvalue weighted by Crippen LogP contribution is -1.90. The fourth-order valence-corrected chi connectivity index (χ4v) is 7.38. The molecule has 0 fully saturated rings. The first kappa shape index (κ1) is 78.7. The van der Waals surface area contributed by atoms with Crippen molar-refractivity contribution in [3.05, 3.63) is 245 Å². The molecule has 0 amide bonds. The zero-order valence-electron chi connectivity index (χ0n) is 50.0. The molecule has 0 aromatic heterocycles. The summed E-state index contributed by atoms with van der Waals surface area (Å²) in [6.45, 7) is 1.54. The number of rotatable bonds is 11. The average Bonchev–Trinajstić information content (AvgIpc) is 0.859. The van der Waals surface area contributed by atoms with E-state index in [1.807, 2.05) is 36.4 Å². The molecule has 0 saturated carbocycles. The van der Waals surface area contributed by atoms with Crippen LogP contribution in [0.3, 0.4) is 0 Å². The Balaban J connectivity index is 0.000000374. The number of methoxy groups -OCH3 is 1. The van der Waals surface area contributed by atoms with Crippen LogP contribution < -0.4 is 4.74 Å². The highest BCUT2D eigenvalue weighted by Crippen LogP contribution is 2.29. The van der Waals surface area contributed by atoms with Crippen LogP contribution in [0.2, 0.25) is 10.0 Å². The van der Waals surface area contributed by atoms with Gasteiger partial charge in [-0.05, 0) is 109 Å². The molecule has 0 saturated heterocycles. The Hall–Kier alpha value is -13.4. The van der Waals surface area contributed by atoms with Crippen molar-refractivity contribution < 1.29 is 97.3 Å². The SMILES string of the molecule is COc1ccc(O)c(/C=N/O)c1.Cc1cccc(/C=N/O)c1O.N#Cc1ccc(O)c(/C=N/O)c1.O/N=C/c1cc(Cl)ccc1O.O/N=C/c1ccc2ccccc2c1O.O/N=C/c1cccc(Cl)c1O.O=[N+]([O-])c1ccc(O)c(/C=N/O)c1.OCc1cccc(/C=N/O)c1O. The van der Waals surface area contributed by atoms with Crippen LogP contribution in [-0.2, 0) is 6.61 Å². The zero-order valence-corrected chi connectivity index (χ0v) is 51.5. The van der Waals surface area contributed by atoms with E-state index in [-0.39, 0.29) is 68.9 Å². The van der Waals surface area contributed by atoms with Gasteiger partial charge in [-0.15, -0.1) is 0 Å². The van der Waals surface area contributed by atoms with Crippen molar-refractivity contribution in [3.63, 3.8) is 0 Å². The minimum Gasteiger partial charge on any atom is -0.507 e. The van der Waals surface area contributed by atoms with Crippen molar-refractivity contribution in [2.45, 2.75) is 13.5 Å². The number of phenolic OH excluding ortho intramolecular Hbond substituents is 7. The second kappa shape index (κ2) is 43.4. The quantitative estimate of drug-likeness (QED) is 0.0247. The second-order valence-electron chi connectivity index (χ2n) is 17.9. The Kier molecular flexibility index (Phi) is 35.6. The molecule has 17 N–H and O–H groups in total. The van der Waals surface area contributed by atoms with Crippen LogP contribution >= 0.6 is 23.2 Å². The van der Waals surface area contributed by atoms with Crippen LogP contribution in [0, 0.1) is 28.4 Å². The number of ether oxygens (including phenoxy) is 1. The Labute approximate surface area is 554 Å². The third-order valence-corrected chi connectivity index (χ3v) is 12.3. The minimum absolute atomic E-state index is 0.0215. The molecule has 0 atom stereocenters. The number of oxime groups is 8. The van der Waals surface area contributed by atoms with Gasteiger partial charge in [0.05, 0.1) is 85.0 Å². The van der Waals surface area contributed by atoms with E-state index in [1.165, 1.54) is 55.9 Å². The molecule has 0 spiro atoms. The molecule has 0 aliphatic heterocycles. The number of fused-ring (bicyclic) bond motifs is 1. The van der Waals surface area contributed by atoms with Crippen molar-refractivity contribution in [2.75, 3.05) is 7.11 Å². The average molecular weight is 1360 g/mol. The molecule has 96 heavy (non-hydrogen) atoms. The topological polar surface area (TPSA) is 519 Å². The van der Waals surface area contributed by atoms with Gasteiger partial charge in [-0.2, -0.15) is 5.26 Å². The molecule has 0 unspecified atom stereocenters. The largest absolute Gasteiger partial charge is 0.507 e. The number of benzene rings is 9. The Morgan fingerprint density at radius 2 is 0.885 bits per heavy atom. The summed E-state index contributed by atoms with van der Waals surface area (Å²) < 4.78 is 4.90. The number of nitrogens with zero attached hydrogens (tertiary/aromatic N) is 10. The molecule has 0 radical (unpaired) electrons. The van der Waals surface area contributed by atoms with Gasteiger partial charge in [0, 0.05) is 72.6 Å². The first-order valence-electron chi connectivity index (χ1n) is 26.4. The smallest absolute Gasteiger partial charge is 0.270 e. The highest BCUT2D eigenvalue weighted by molar-refractivity contribution is 6.32. The molecule has 500 valence electrons. The molecular weight excluding hydrogens is 1300 g/mol. The number of non-ortho nitro benzene ring substituents is 1. The van der Waals surface area contributed by atoms with E-state index in [9.17, 15) is 35.6 Å². The molecule has 32 heteroatoms. The van der Waals surface area contributed by atoms with Crippen LogP contribution in [0.1, 0.15) is 61.2 Å². The molecule has 9 aromatic carbocycles. The number of aliphatic hydroxyl groups excluding tert-OH is 1. The number of nitriles is 1. The predicted octanol–water partition coefficient (Wildman–Crippen LogP) is 11.7. The summed E-state index contributed by atoms with van der Waals surface area (Å²) in [7, 11) is 1.52. The first-order valence-corrected chi connectivity index (χ1v) is 27.2. The molecule has 9 rings (SSSR count). The van der Waals surface area contributed by atoms with Crippen LogP contribution in [0.5, 0.6) is 51.7 Å². The minimum atomic E-state index is -0.603. The van der Waals surface area contributed by atoms with E-state index < -0.39 is 4.92 Å². The monoisotopic (exact) mass is 1360 g/mol. The second-order valence-corrected chi connectivity index (χ2v) is 18.7. The number of aromatic hydroxyl groups is 8. The number of aryl methyl sites for hydroxylation is 1. The maximum Gasteiger partial charge on any atom is 0.270 e. The normalized spacial score (nSPS) is 10.6. The number of halogens is 2. The van der Waals surface area contributed by atoms with Gasteiger partial charge in [0.2, 0.25) is 0 Å². The maximum atomic E-state index is 10.3. The van der Waals surface area contributed by atoms with E-state index in [0.717, 1.165) is 71.8 Å². The van der Waals surface area contributed by atoms with E-state index >= 15 is 0 Å². The van der Waals surface area contributed by atoms with Crippen LogP contribution in [0.15, 0.2) is 205 Å². The van der Waals surface area contributed by atoms with E-state index in [1.54, 1.807) is 85.8 Å². The van der Waals surface area contributed by atoms with Crippen LogP contribution in [0.25, 0.3) is 10.8 Å². The van der Waals surface area contributed by atoms with Gasteiger partial charge < -0.3 is 92.4 Å². The van der Waals surface area contributed by atoms with Crippen LogP contribution in [-0.4, -0.2) is 149 Å². The van der Waals surface area contributed by atoms with Crippen molar-refractivity contribution >= 4 is 89.4 Å². The number of nitro groups is 1. The van der Waals surface area contributed by atoms with E-state index in [4.69, 9.17) is 95.3 Å². The number of aliphatic hydroxyl groups is 1. The summed E-state index contributed by atoms with van der Waals surface area (Å²) in [5, 5.41) is 192. The van der Waals surface area contributed by atoms with Crippen molar-refractivity contribution in [1.82, 2.24) is 0 Å². The predicted molar refractivity (Wildman–Crippen MR) is 356 cm³/mol. The summed E-state index contributed by atoms with van der Waals surface area (Å²) in [6.07, 6.45) is 8.86. The molecule has 0 heterocycles. The number of nitro benzene ring substituents is 1. The first-order chi connectivity index (χ1) is 46.1. The number of hydrogen-bond donors (Lipinski definition) is 17. The van der Waals surface area contributed by atoms with Gasteiger partial charge in [-0.25, -0.2) is 0 Å². The third kappa shape index (κ3) is 26.6. The fraction of sp³-hybridized carbons (Fsp3) is 0.0469. The Morgan fingerprint density at radius 3 is 1.40 bits per heavy atom. The summed E-state index contributed by atoms with van der Waals surface area (Å²) in [6, 6.07) is 44.6. The van der Waals surface area contributed by atoms with Crippen molar-refractivity contribution in [2.24, 2.45) is 41.2 Å². The zero-order chi connectivity index (χ0) is 71.5. The molecule has 0 bridgehead atoms. The lowest BCUT2D eigenvalue weighted by atomic mass is 10.1. The van der Waals surface area contributed by atoms with Crippen molar-refractivity contribution in [3.8, 4) is 57.8 Å². The highest BCUT2D eigenvalue weighted by atomic mass is 35.5. The summed E-state index contributed by atoms with van der Waals surface area (Å²) in [5.41, 5.74) is 4.41. The maximum absolute atomic E-state index is 10.3. The van der Waals surface area contributed by atoms with E-state index in [0.29, 0.717) is 60.8 Å². The molecule has 0 aliphatic rings. The molecular formula is C64H60Cl2N10O20. The fourth-order valence-electron chi connectivity index (χ4n) is 7.02. The highest BCUT2D eigenvalue weighted by Gasteiger charge is 2.10. The lowest BCUT2D eigenvalue weighted by Gasteiger charge is -2.02. The summed E-state index contributed by atoms with van der Waals surface area (Å²) in [4.78, 5) is 9.68. The van der Waals surface area contributed by atoms with Gasteiger partial charge in [0.25, 0.3) is 5.69 Å². The number of hydrogen-bond acceptors (Lipinski definition) is 29. The van der Waals surface area contributed by atoms with Crippen LogP contribution in [0.4, 0.5) is 5.69 Å². The Morgan fingerprint density at radius 1 is 0.458 bits per heavy atom. The van der Waals surface area contributed by atoms with Gasteiger partial charge >= 0.3 is 0 Å². The van der Waals surface area contributed by atoms with Gasteiger partial charge in [-0.3, -0.25) is 10.1 Å². The van der Waals surface area contributed by atoms with Gasteiger partial charge in [-0.1, -0.05) is 125 Å². The number of phenols is 8. The van der Waals surface area contributed by atoms with E-state index in [2.05, 4.69) is 41.2 Å².